The second kappa shape index (κ2) is 12.2. The Morgan fingerprint density at radius 1 is 1.16 bits per heavy atom. The number of amides is 3. The van der Waals surface area contributed by atoms with Gasteiger partial charge in [0.2, 0.25) is 11.8 Å². The smallest absolute Gasteiger partial charge is 0.408 e. The van der Waals surface area contributed by atoms with Crippen molar-refractivity contribution < 1.29 is 28.7 Å². The molecule has 9 nitrogen and oxygen atoms in total. The zero-order valence-corrected chi connectivity index (χ0v) is 18.1. The molecule has 174 valence electrons. The molecule has 0 aliphatic carbocycles. The molecule has 32 heavy (non-hydrogen) atoms. The van der Waals surface area contributed by atoms with Crippen molar-refractivity contribution >= 4 is 24.2 Å². The molecule has 1 aromatic carbocycles. The standard InChI is InChI=1S/C23H31N3O6/c27-14-18(12-17-9-10-24-21(17)28)25-22(29)20(13-19-8-4-5-11-31-19)26-23(30)32-15-16-6-2-1-3-7-16/h1-3,6-7,14,17-20H,4-5,8-13,15H2,(H,24,28)(H,25,29)(H,26,30)/t17-,18-,19+,20-/m0/s1. The molecule has 0 radical (unpaired) electrons. The summed E-state index contributed by atoms with van der Waals surface area (Å²) in [6.45, 7) is 1.26. The van der Waals surface area contributed by atoms with E-state index in [1.807, 2.05) is 30.3 Å². The average Bonchev–Trinajstić information content (AvgIpc) is 3.22. The minimum atomic E-state index is -0.916. The Balaban J connectivity index is 1.58. The van der Waals surface area contributed by atoms with Crippen molar-refractivity contribution in [3.63, 3.8) is 0 Å². The van der Waals surface area contributed by atoms with E-state index in [0.717, 1.165) is 24.8 Å². The van der Waals surface area contributed by atoms with Crippen LogP contribution in [0.3, 0.4) is 0 Å². The summed E-state index contributed by atoms with van der Waals surface area (Å²) >= 11 is 0. The number of rotatable bonds is 10. The first-order valence-corrected chi connectivity index (χ1v) is 11.2. The summed E-state index contributed by atoms with van der Waals surface area (Å²) in [6, 6.07) is 7.50. The Hall–Kier alpha value is -2.94. The van der Waals surface area contributed by atoms with Gasteiger partial charge in [-0.25, -0.2) is 4.79 Å². The van der Waals surface area contributed by atoms with E-state index < -0.39 is 24.1 Å². The maximum absolute atomic E-state index is 13.0. The number of ether oxygens (including phenoxy) is 2. The van der Waals surface area contributed by atoms with Gasteiger partial charge in [0.1, 0.15) is 18.9 Å². The van der Waals surface area contributed by atoms with Crippen molar-refractivity contribution in [1.29, 1.82) is 0 Å². The van der Waals surface area contributed by atoms with Crippen molar-refractivity contribution in [2.75, 3.05) is 13.2 Å². The highest BCUT2D eigenvalue weighted by atomic mass is 16.5. The van der Waals surface area contributed by atoms with E-state index in [1.165, 1.54) is 0 Å². The van der Waals surface area contributed by atoms with Crippen LogP contribution in [0.4, 0.5) is 4.79 Å². The maximum atomic E-state index is 13.0. The fraction of sp³-hybridized carbons (Fsp3) is 0.565. The van der Waals surface area contributed by atoms with Gasteiger partial charge in [0.25, 0.3) is 0 Å². The molecule has 2 aliphatic heterocycles. The van der Waals surface area contributed by atoms with Crippen molar-refractivity contribution in [2.24, 2.45) is 5.92 Å². The lowest BCUT2D eigenvalue weighted by molar-refractivity contribution is -0.128. The number of nitrogens with one attached hydrogen (secondary N) is 3. The predicted molar refractivity (Wildman–Crippen MR) is 115 cm³/mol. The summed E-state index contributed by atoms with van der Waals surface area (Å²) in [6.07, 6.45) is 3.64. The van der Waals surface area contributed by atoms with E-state index in [1.54, 1.807) is 0 Å². The zero-order valence-electron chi connectivity index (χ0n) is 18.1. The monoisotopic (exact) mass is 445 g/mol. The van der Waals surface area contributed by atoms with E-state index in [4.69, 9.17) is 9.47 Å². The number of carbonyl (C=O) groups excluding carboxylic acids is 4. The molecule has 3 N–H and O–H groups in total. The van der Waals surface area contributed by atoms with Crippen LogP contribution >= 0.6 is 0 Å². The Bertz CT molecular complexity index is 781. The number of hydrogen-bond acceptors (Lipinski definition) is 6. The van der Waals surface area contributed by atoms with Gasteiger partial charge in [0, 0.05) is 25.5 Å². The lowest BCUT2D eigenvalue weighted by Gasteiger charge is -2.27. The number of aldehydes is 1. The van der Waals surface area contributed by atoms with Crippen molar-refractivity contribution in [2.45, 2.75) is 63.3 Å². The molecule has 2 fully saturated rings. The largest absolute Gasteiger partial charge is 0.445 e. The third-order valence-electron chi connectivity index (χ3n) is 5.79. The van der Waals surface area contributed by atoms with Crippen LogP contribution in [0.5, 0.6) is 0 Å². The van der Waals surface area contributed by atoms with E-state index in [-0.39, 0.29) is 37.4 Å². The van der Waals surface area contributed by atoms with Gasteiger partial charge in [-0.2, -0.15) is 0 Å². The minimum absolute atomic E-state index is 0.0781. The number of alkyl carbamates (subject to hydrolysis) is 1. The molecule has 1 aromatic rings. The number of carbonyl (C=O) groups is 4. The SMILES string of the molecule is O=C[C@H](C[C@@H]1CCNC1=O)NC(=O)[C@H](C[C@H]1CCCCO1)NC(=O)OCc1ccccc1. The average molecular weight is 446 g/mol. The lowest BCUT2D eigenvalue weighted by Crippen LogP contribution is -2.52. The molecule has 2 heterocycles. The van der Waals surface area contributed by atoms with Crippen LogP contribution in [0.25, 0.3) is 0 Å². The van der Waals surface area contributed by atoms with Crippen LogP contribution in [0.1, 0.15) is 44.1 Å². The molecule has 0 saturated carbocycles. The third kappa shape index (κ3) is 7.33. The Morgan fingerprint density at radius 2 is 1.97 bits per heavy atom. The Kier molecular flexibility index (Phi) is 9.03. The van der Waals surface area contributed by atoms with Crippen LogP contribution in [0.2, 0.25) is 0 Å². The topological polar surface area (TPSA) is 123 Å². The van der Waals surface area contributed by atoms with Gasteiger partial charge in [0.05, 0.1) is 12.1 Å². The van der Waals surface area contributed by atoms with Gasteiger partial charge in [-0.1, -0.05) is 30.3 Å². The first-order valence-electron chi connectivity index (χ1n) is 11.2. The summed E-state index contributed by atoms with van der Waals surface area (Å²) in [5.41, 5.74) is 0.829. The van der Waals surface area contributed by atoms with E-state index >= 15 is 0 Å². The van der Waals surface area contributed by atoms with Gasteiger partial charge in [-0.05, 0) is 37.7 Å². The van der Waals surface area contributed by atoms with Gasteiger partial charge in [-0.3, -0.25) is 9.59 Å². The van der Waals surface area contributed by atoms with Crippen molar-refractivity contribution in [3.05, 3.63) is 35.9 Å². The molecule has 0 unspecified atom stereocenters. The molecule has 0 spiro atoms. The highest BCUT2D eigenvalue weighted by molar-refractivity contribution is 5.88. The molecular formula is C23H31N3O6. The van der Waals surface area contributed by atoms with Crippen LogP contribution in [0, 0.1) is 5.92 Å². The van der Waals surface area contributed by atoms with E-state index in [9.17, 15) is 19.2 Å². The lowest BCUT2D eigenvalue weighted by atomic mass is 9.98. The quantitative estimate of drug-likeness (QED) is 0.469. The summed E-state index contributed by atoms with van der Waals surface area (Å²) in [5.74, 6) is -0.915. The highest BCUT2D eigenvalue weighted by Crippen LogP contribution is 2.19. The minimum Gasteiger partial charge on any atom is -0.445 e. The fourth-order valence-electron chi connectivity index (χ4n) is 4.00. The van der Waals surface area contributed by atoms with Gasteiger partial charge < -0.3 is 30.2 Å². The van der Waals surface area contributed by atoms with Gasteiger partial charge in [-0.15, -0.1) is 0 Å². The Morgan fingerprint density at radius 3 is 2.62 bits per heavy atom. The second-order valence-corrected chi connectivity index (χ2v) is 8.25. The number of benzene rings is 1. The normalized spacial score (nSPS) is 22.3. The summed E-state index contributed by atoms with van der Waals surface area (Å²) in [7, 11) is 0. The van der Waals surface area contributed by atoms with Crippen LogP contribution in [0.15, 0.2) is 30.3 Å². The highest BCUT2D eigenvalue weighted by Gasteiger charge is 2.31. The molecule has 0 bridgehead atoms. The first kappa shape index (κ1) is 23.7. The molecule has 2 aliphatic rings. The van der Waals surface area contributed by atoms with Crippen LogP contribution in [-0.4, -0.2) is 55.5 Å². The summed E-state index contributed by atoms with van der Waals surface area (Å²) < 4.78 is 11.0. The maximum Gasteiger partial charge on any atom is 0.408 e. The van der Waals surface area contributed by atoms with E-state index in [2.05, 4.69) is 16.0 Å². The van der Waals surface area contributed by atoms with E-state index in [0.29, 0.717) is 25.9 Å². The van der Waals surface area contributed by atoms with Gasteiger partial charge in [0.15, 0.2) is 0 Å². The van der Waals surface area contributed by atoms with Gasteiger partial charge >= 0.3 is 6.09 Å². The summed E-state index contributed by atoms with van der Waals surface area (Å²) in [4.78, 5) is 48.7. The van der Waals surface area contributed by atoms with Crippen LogP contribution in [-0.2, 0) is 30.5 Å². The molecular weight excluding hydrogens is 414 g/mol. The Labute approximate surface area is 187 Å². The third-order valence-corrected chi connectivity index (χ3v) is 5.79. The number of hydrogen-bond donors (Lipinski definition) is 3. The predicted octanol–water partition coefficient (Wildman–Crippen LogP) is 1.45. The fourth-order valence-corrected chi connectivity index (χ4v) is 4.00. The summed E-state index contributed by atoms with van der Waals surface area (Å²) in [5, 5.41) is 8.01. The van der Waals surface area contributed by atoms with Crippen molar-refractivity contribution in [3.8, 4) is 0 Å². The first-order chi connectivity index (χ1) is 15.5. The van der Waals surface area contributed by atoms with Crippen molar-refractivity contribution in [1.82, 2.24) is 16.0 Å². The molecule has 9 heteroatoms. The molecule has 2 saturated heterocycles. The molecule has 3 rings (SSSR count). The molecule has 3 amide bonds. The molecule has 0 aromatic heterocycles. The van der Waals surface area contributed by atoms with Crippen LogP contribution < -0.4 is 16.0 Å². The molecule has 4 atom stereocenters. The zero-order chi connectivity index (χ0) is 22.8. The second-order valence-electron chi connectivity index (χ2n) is 8.25.